The highest BCUT2D eigenvalue weighted by atomic mass is 16.5. The summed E-state index contributed by atoms with van der Waals surface area (Å²) in [5.74, 6) is 1.83. The van der Waals surface area contributed by atoms with Gasteiger partial charge in [-0.25, -0.2) is 0 Å². The van der Waals surface area contributed by atoms with Gasteiger partial charge in [0.15, 0.2) is 0 Å². The second kappa shape index (κ2) is 9.29. The maximum atomic E-state index is 6.58. The first kappa shape index (κ1) is 24.5. The summed E-state index contributed by atoms with van der Waals surface area (Å²) < 4.78 is 6.58. The van der Waals surface area contributed by atoms with Crippen molar-refractivity contribution in [2.45, 2.75) is 0 Å². The molecule has 0 aliphatic carbocycles. The van der Waals surface area contributed by atoms with Crippen molar-refractivity contribution in [1.82, 2.24) is 0 Å². The Balaban J connectivity index is 1.21. The van der Waals surface area contributed by atoms with E-state index in [1.165, 1.54) is 81.7 Å². The minimum Gasteiger partial charge on any atom is -0.456 e. The second-order valence-corrected chi connectivity index (χ2v) is 12.1. The topological polar surface area (TPSA) is 9.23 Å². The van der Waals surface area contributed by atoms with E-state index in [4.69, 9.17) is 4.74 Å². The normalized spacial score (nSPS) is 12.2. The fraction of sp³-hybridized carbons (Fsp3) is 0. The predicted molar refractivity (Wildman–Crippen MR) is 190 cm³/mol. The van der Waals surface area contributed by atoms with Crippen LogP contribution in [0.15, 0.2) is 158 Å². The van der Waals surface area contributed by atoms with Crippen LogP contribution in [0, 0.1) is 0 Å². The second-order valence-electron chi connectivity index (χ2n) is 12.1. The van der Waals surface area contributed by atoms with Crippen LogP contribution in [0.5, 0.6) is 11.5 Å². The van der Waals surface area contributed by atoms with Crippen molar-refractivity contribution in [2.75, 3.05) is 0 Å². The number of ether oxygens (including phenoxy) is 1. The van der Waals surface area contributed by atoms with Gasteiger partial charge in [-0.15, -0.1) is 0 Å². The third kappa shape index (κ3) is 3.62. The zero-order valence-electron chi connectivity index (χ0n) is 24.4. The zero-order valence-corrected chi connectivity index (χ0v) is 24.4. The molecular formula is C44H26O. The van der Waals surface area contributed by atoms with E-state index in [-0.39, 0.29) is 0 Å². The minimum absolute atomic E-state index is 0.901. The molecule has 0 atom stereocenters. The Morgan fingerprint density at radius 2 is 1.00 bits per heavy atom. The summed E-state index contributed by atoms with van der Waals surface area (Å²) in [6.07, 6.45) is 0. The lowest BCUT2D eigenvalue weighted by Crippen LogP contribution is -1.98. The molecule has 0 aromatic heterocycles. The van der Waals surface area contributed by atoms with Crippen molar-refractivity contribution in [3.05, 3.63) is 158 Å². The molecule has 208 valence electrons. The largest absolute Gasteiger partial charge is 0.456 e. The Morgan fingerprint density at radius 3 is 1.89 bits per heavy atom. The molecule has 1 heterocycles. The molecule has 9 aromatic carbocycles. The van der Waals surface area contributed by atoms with Crippen LogP contribution in [0.25, 0.3) is 87.2 Å². The first-order chi connectivity index (χ1) is 22.3. The zero-order chi connectivity index (χ0) is 29.5. The van der Waals surface area contributed by atoms with Crippen molar-refractivity contribution in [3.63, 3.8) is 0 Å². The standard InChI is InChI=1S/C44H26O/c1-2-10-28(11-3-1)43-37-21-19-27-9-4-6-13-33(27)39(37)25-32-18-17-29(23-38(32)43)30-20-22-41-40(24-30)36-16-8-15-35-34-14-7-5-12-31(34)26-42(45-41)44(35)36/h1-26H. The number of benzene rings is 9. The fourth-order valence-corrected chi connectivity index (χ4v) is 7.52. The first-order valence-electron chi connectivity index (χ1n) is 15.5. The average molecular weight is 571 g/mol. The molecule has 0 saturated carbocycles. The van der Waals surface area contributed by atoms with Crippen LogP contribution in [0.4, 0.5) is 0 Å². The molecule has 0 bridgehead atoms. The van der Waals surface area contributed by atoms with E-state index in [0.29, 0.717) is 0 Å². The number of rotatable bonds is 2. The number of fused-ring (bicyclic) bond motifs is 8. The molecule has 0 amide bonds. The third-order valence-electron chi connectivity index (χ3n) is 9.60. The van der Waals surface area contributed by atoms with E-state index < -0.39 is 0 Å². The van der Waals surface area contributed by atoms with Crippen LogP contribution >= 0.6 is 0 Å². The van der Waals surface area contributed by atoms with Crippen molar-refractivity contribution in [3.8, 4) is 44.9 Å². The fourth-order valence-electron chi connectivity index (χ4n) is 7.52. The molecule has 0 spiro atoms. The van der Waals surface area contributed by atoms with Crippen LogP contribution < -0.4 is 4.74 Å². The highest BCUT2D eigenvalue weighted by molar-refractivity contribution is 6.21. The van der Waals surface area contributed by atoms with E-state index in [9.17, 15) is 0 Å². The lowest BCUT2D eigenvalue weighted by Gasteiger charge is -2.23. The Kier molecular flexibility index (Phi) is 5.06. The van der Waals surface area contributed by atoms with Gasteiger partial charge in [-0.1, -0.05) is 127 Å². The van der Waals surface area contributed by atoms with Crippen LogP contribution in [-0.4, -0.2) is 0 Å². The maximum absolute atomic E-state index is 6.58. The molecule has 0 unspecified atom stereocenters. The predicted octanol–water partition coefficient (Wildman–Crippen LogP) is 12.6. The molecule has 0 saturated heterocycles. The Labute approximate surface area is 260 Å². The van der Waals surface area contributed by atoms with Gasteiger partial charge in [0.1, 0.15) is 11.5 Å². The first-order valence-corrected chi connectivity index (χ1v) is 15.5. The molecule has 1 nitrogen and oxygen atoms in total. The average Bonchev–Trinajstić information content (AvgIpc) is 3.11. The van der Waals surface area contributed by atoms with Gasteiger partial charge in [-0.05, 0) is 107 Å². The molecule has 0 N–H and O–H groups in total. The van der Waals surface area contributed by atoms with Crippen LogP contribution in [0.3, 0.4) is 0 Å². The van der Waals surface area contributed by atoms with E-state index in [2.05, 4.69) is 158 Å². The van der Waals surface area contributed by atoms with Crippen molar-refractivity contribution < 1.29 is 4.74 Å². The van der Waals surface area contributed by atoms with Crippen molar-refractivity contribution in [2.24, 2.45) is 0 Å². The number of hydrogen-bond donors (Lipinski definition) is 0. The maximum Gasteiger partial charge on any atom is 0.136 e. The van der Waals surface area contributed by atoms with Crippen LogP contribution in [0.1, 0.15) is 0 Å². The lowest BCUT2D eigenvalue weighted by atomic mass is 9.87. The van der Waals surface area contributed by atoms with Gasteiger partial charge in [0, 0.05) is 10.9 Å². The van der Waals surface area contributed by atoms with E-state index in [1.807, 2.05) is 0 Å². The molecule has 0 radical (unpaired) electrons. The van der Waals surface area contributed by atoms with Gasteiger partial charge < -0.3 is 4.74 Å². The number of hydrogen-bond acceptors (Lipinski definition) is 1. The monoisotopic (exact) mass is 570 g/mol. The summed E-state index contributed by atoms with van der Waals surface area (Å²) in [5.41, 5.74) is 7.24. The van der Waals surface area contributed by atoms with Crippen LogP contribution in [0.2, 0.25) is 0 Å². The SMILES string of the molecule is c1ccc(-c2c3cc(-c4ccc5c(c4)-c4cccc6c4c(cc4ccccc46)O5)ccc3cc3c2ccc2ccccc23)cc1. The minimum atomic E-state index is 0.901. The highest BCUT2D eigenvalue weighted by Gasteiger charge is 2.22. The molecule has 0 fully saturated rings. The summed E-state index contributed by atoms with van der Waals surface area (Å²) in [6.45, 7) is 0. The van der Waals surface area contributed by atoms with Gasteiger partial charge in [0.2, 0.25) is 0 Å². The van der Waals surface area contributed by atoms with Gasteiger partial charge in [-0.3, -0.25) is 0 Å². The molecule has 1 aliphatic rings. The quantitative estimate of drug-likeness (QED) is 0.148. The van der Waals surface area contributed by atoms with Crippen molar-refractivity contribution in [1.29, 1.82) is 0 Å². The Hall–Kier alpha value is -5.92. The molecule has 1 aliphatic heterocycles. The summed E-state index contributed by atoms with van der Waals surface area (Å²) in [7, 11) is 0. The van der Waals surface area contributed by atoms with E-state index in [1.54, 1.807) is 0 Å². The summed E-state index contributed by atoms with van der Waals surface area (Å²) in [6, 6.07) is 57.4. The van der Waals surface area contributed by atoms with Crippen molar-refractivity contribution >= 4 is 53.9 Å². The van der Waals surface area contributed by atoms with E-state index in [0.717, 1.165) is 17.1 Å². The smallest absolute Gasteiger partial charge is 0.136 e. The molecule has 9 aromatic rings. The third-order valence-corrected chi connectivity index (χ3v) is 9.60. The summed E-state index contributed by atoms with van der Waals surface area (Å²) >= 11 is 0. The molecular weight excluding hydrogens is 544 g/mol. The van der Waals surface area contributed by atoms with Gasteiger partial charge in [0.25, 0.3) is 0 Å². The van der Waals surface area contributed by atoms with Crippen LogP contribution in [-0.2, 0) is 0 Å². The Bertz CT molecular complexity index is 2670. The Morgan fingerprint density at radius 1 is 0.311 bits per heavy atom. The lowest BCUT2D eigenvalue weighted by molar-refractivity contribution is 0.488. The highest BCUT2D eigenvalue weighted by Crippen LogP contribution is 2.50. The summed E-state index contributed by atoms with van der Waals surface area (Å²) in [5, 5.41) is 12.5. The van der Waals surface area contributed by atoms with Gasteiger partial charge >= 0.3 is 0 Å². The van der Waals surface area contributed by atoms with Gasteiger partial charge in [0.05, 0.1) is 0 Å². The molecule has 45 heavy (non-hydrogen) atoms. The summed E-state index contributed by atoms with van der Waals surface area (Å²) in [4.78, 5) is 0. The van der Waals surface area contributed by atoms with Gasteiger partial charge in [-0.2, -0.15) is 0 Å². The molecule has 10 rings (SSSR count). The van der Waals surface area contributed by atoms with E-state index >= 15 is 0 Å². The molecule has 1 heteroatoms.